The van der Waals surface area contributed by atoms with Crippen molar-refractivity contribution in [2.75, 3.05) is 20.1 Å². The number of hydrogen-bond donors (Lipinski definition) is 3. The molecule has 3 N–H and O–H groups in total. The van der Waals surface area contributed by atoms with Gasteiger partial charge in [-0.25, -0.2) is 0 Å². The van der Waals surface area contributed by atoms with E-state index in [2.05, 4.69) is 16.0 Å². The van der Waals surface area contributed by atoms with Gasteiger partial charge in [-0.05, 0) is 26.8 Å². The predicted molar refractivity (Wildman–Crippen MR) is 52.6 cm³/mol. The van der Waals surface area contributed by atoms with Gasteiger partial charge in [-0.1, -0.05) is 0 Å². The fourth-order valence-electron chi connectivity index (χ4n) is 0.956. The molecule has 0 aromatic heterocycles. The molecule has 1 atom stereocenters. The summed E-state index contributed by atoms with van der Waals surface area (Å²) in [4.78, 5) is 11.2. The van der Waals surface area contributed by atoms with Crippen molar-refractivity contribution >= 4 is 5.91 Å². The Morgan fingerprint density at radius 1 is 1.54 bits per heavy atom. The Kier molecular flexibility index (Phi) is 4.18. The van der Waals surface area contributed by atoms with Crippen LogP contribution in [0.3, 0.4) is 0 Å². The third kappa shape index (κ3) is 4.85. The number of carbonyl (C=O) groups is 1. The number of likely N-dealkylation sites (N-methyl/N-ethyl adjacent to an activating group) is 1. The second-order valence-corrected chi connectivity index (χ2v) is 3.65. The van der Waals surface area contributed by atoms with Crippen LogP contribution in [0.1, 0.15) is 19.8 Å². The van der Waals surface area contributed by atoms with Gasteiger partial charge < -0.3 is 16.0 Å². The minimum atomic E-state index is 0.0917. The zero-order valence-electron chi connectivity index (χ0n) is 8.39. The Balaban J connectivity index is 1.96. The summed E-state index contributed by atoms with van der Waals surface area (Å²) in [6.07, 6.45) is 2.44. The van der Waals surface area contributed by atoms with Gasteiger partial charge in [0, 0.05) is 18.6 Å². The van der Waals surface area contributed by atoms with Crippen molar-refractivity contribution in [3.63, 3.8) is 0 Å². The first kappa shape index (κ1) is 10.5. The summed E-state index contributed by atoms with van der Waals surface area (Å²) in [7, 11) is 1.89. The lowest BCUT2D eigenvalue weighted by atomic mass is 10.3. The maximum Gasteiger partial charge on any atom is 0.234 e. The van der Waals surface area contributed by atoms with Gasteiger partial charge in [0.25, 0.3) is 0 Å². The fraction of sp³-hybridized carbons (Fsp3) is 0.889. The molecule has 0 spiro atoms. The SMILES string of the molecule is CNC(C)CNC(=O)CNC1CC1. The standard InChI is InChI=1S/C9H19N3O/c1-7(10-2)5-12-9(13)6-11-8-3-4-8/h7-8,10-11H,3-6H2,1-2H3,(H,12,13). The molecule has 0 heterocycles. The Bertz CT molecular complexity index is 168. The molecule has 0 bridgehead atoms. The molecule has 0 aromatic carbocycles. The summed E-state index contributed by atoms with van der Waals surface area (Å²) in [5, 5.41) is 9.08. The number of amides is 1. The zero-order valence-corrected chi connectivity index (χ0v) is 8.39. The Labute approximate surface area is 79.5 Å². The molecule has 76 valence electrons. The van der Waals surface area contributed by atoms with Crippen molar-refractivity contribution in [3.8, 4) is 0 Å². The molecule has 1 saturated carbocycles. The van der Waals surface area contributed by atoms with E-state index in [0.29, 0.717) is 25.2 Å². The molecule has 4 heteroatoms. The second-order valence-electron chi connectivity index (χ2n) is 3.65. The second kappa shape index (κ2) is 5.19. The lowest BCUT2D eigenvalue weighted by Gasteiger charge is -2.11. The van der Waals surface area contributed by atoms with E-state index in [1.165, 1.54) is 12.8 Å². The maximum absolute atomic E-state index is 11.2. The van der Waals surface area contributed by atoms with Gasteiger partial charge in [0.05, 0.1) is 6.54 Å². The number of carbonyl (C=O) groups excluding carboxylic acids is 1. The van der Waals surface area contributed by atoms with Gasteiger partial charge in [-0.2, -0.15) is 0 Å². The highest BCUT2D eigenvalue weighted by Gasteiger charge is 2.20. The van der Waals surface area contributed by atoms with Gasteiger partial charge in [-0.15, -0.1) is 0 Å². The van der Waals surface area contributed by atoms with E-state index in [0.717, 1.165) is 0 Å². The summed E-state index contributed by atoms with van der Waals surface area (Å²) in [5.41, 5.74) is 0. The highest BCUT2D eigenvalue weighted by Crippen LogP contribution is 2.17. The number of rotatable bonds is 6. The molecule has 0 saturated heterocycles. The Morgan fingerprint density at radius 3 is 2.77 bits per heavy atom. The lowest BCUT2D eigenvalue weighted by Crippen LogP contribution is -2.41. The van der Waals surface area contributed by atoms with Crippen molar-refractivity contribution in [2.45, 2.75) is 31.8 Å². The van der Waals surface area contributed by atoms with Gasteiger partial charge in [0.2, 0.25) is 5.91 Å². The van der Waals surface area contributed by atoms with Crippen LogP contribution in [-0.2, 0) is 4.79 Å². The molecule has 0 aromatic rings. The molecule has 1 amide bonds. The van der Waals surface area contributed by atoms with Gasteiger partial charge in [-0.3, -0.25) is 4.79 Å². The van der Waals surface area contributed by atoms with E-state index in [-0.39, 0.29) is 5.91 Å². The van der Waals surface area contributed by atoms with Gasteiger partial charge in [0.1, 0.15) is 0 Å². The van der Waals surface area contributed by atoms with E-state index >= 15 is 0 Å². The topological polar surface area (TPSA) is 53.2 Å². The summed E-state index contributed by atoms with van der Waals surface area (Å²) in [6, 6.07) is 0.942. The smallest absolute Gasteiger partial charge is 0.234 e. The first-order chi connectivity index (χ1) is 6.22. The first-order valence-corrected chi connectivity index (χ1v) is 4.89. The summed E-state index contributed by atoms with van der Waals surface area (Å²) in [5.74, 6) is 0.0917. The average Bonchev–Trinajstić information content (AvgIpc) is 2.94. The maximum atomic E-state index is 11.2. The first-order valence-electron chi connectivity index (χ1n) is 4.89. The highest BCUT2D eigenvalue weighted by atomic mass is 16.1. The molecule has 1 unspecified atom stereocenters. The third-order valence-corrected chi connectivity index (χ3v) is 2.23. The van der Waals surface area contributed by atoms with Gasteiger partial charge >= 0.3 is 0 Å². The number of hydrogen-bond acceptors (Lipinski definition) is 3. The molecular weight excluding hydrogens is 166 g/mol. The highest BCUT2D eigenvalue weighted by molar-refractivity contribution is 5.78. The van der Waals surface area contributed by atoms with Crippen molar-refractivity contribution in [1.29, 1.82) is 0 Å². The van der Waals surface area contributed by atoms with Crippen molar-refractivity contribution in [2.24, 2.45) is 0 Å². The Hall–Kier alpha value is -0.610. The van der Waals surface area contributed by atoms with Crippen LogP contribution in [0, 0.1) is 0 Å². The summed E-state index contributed by atoms with van der Waals surface area (Å²) >= 11 is 0. The van der Waals surface area contributed by atoms with Crippen LogP contribution in [-0.4, -0.2) is 38.1 Å². The normalized spacial score (nSPS) is 18.3. The van der Waals surface area contributed by atoms with Crippen LogP contribution in [0.25, 0.3) is 0 Å². The van der Waals surface area contributed by atoms with Crippen molar-refractivity contribution in [1.82, 2.24) is 16.0 Å². The monoisotopic (exact) mass is 185 g/mol. The minimum absolute atomic E-state index is 0.0917. The van der Waals surface area contributed by atoms with Crippen molar-refractivity contribution in [3.05, 3.63) is 0 Å². The molecule has 0 radical (unpaired) electrons. The predicted octanol–water partition coefficient (Wildman–Crippen LogP) is -0.537. The van der Waals surface area contributed by atoms with Crippen molar-refractivity contribution < 1.29 is 4.79 Å². The molecule has 13 heavy (non-hydrogen) atoms. The van der Waals surface area contributed by atoms with Crippen LogP contribution in [0.5, 0.6) is 0 Å². The van der Waals surface area contributed by atoms with E-state index in [1.54, 1.807) is 0 Å². The van der Waals surface area contributed by atoms with E-state index in [9.17, 15) is 4.79 Å². The van der Waals surface area contributed by atoms with E-state index < -0.39 is 0 Å². The number of nitrogens with one attached hydrogen (secondary N) is 3. The third-order valence-electron chi connectivity index (χ3n) is 2.23. The minimum Gasteiger partial charge on any atom is -0.353 e. The van der Waals surface area contributed by atoms with E-state index in [4.69, 9.17) is 0 Å². The van der Waals surface area contributed by atoms with Crippen LogP contribution in [0.4, 0.5) is 0 Å². The largest absolute Gasteiger partial charge is 0.353 e. The molecule has 4 nitrogen and oxygen atoms in total. The summed E-state index contributed by atoms with van der Waals surface area (Å²) < 4.78 is 0. The molecule has 1 aliphatic carbocycles. The van der Waals surface area contributed by atoms with Crippen LogP contribution in [0.15, 0.2) is 0 Å². The average molecular weight is 185 g/mol. The van der Waals surface area contributed by atoms with Crippen LogP contribution < -0.4 is 16.0 Å². The van der Waals surface area contributed by atoms with E-state index in [1.807, 2.05) is 14.0 Å². The molecule has 1 rings (SSSR count). The summed E-state index contributed by atoms with van der Waals surface area (Å²) in [6.45, 7) is 3.19. The van der Waals surface area contributed by atoms with Gasteiger partial charge in [0.15, 0.2) is 0 Å². The Morgan fingerprint density at radius 2 is 2.23 bits per heavy atom. The zero-order chi connectivity index (χ0) is 9.68. The molecule has 0 aliphatic heterocycles. The van der Waals surface area contributed by atoms with Crippen LogP contribution in [0.2, 0.25) is 0 Å². The fourth-order valence-corrected chi connectivity index (χ4v) is 0.956. The lowest BCUT2D eigenvalue weighted by molar-refractivity contribution is -0.120. The molecule has 1 aliphatic rings. The molecule has 1 fully saturated rings. The molecular formula is C9H19N3O. The van der Waals surface area contributed by atoms with Crippen LogP contribution >= 0.6 is 0 Å². The quantitative estimate of drug-likeness (QED) is 0.521.